The van der Waals surface area contributed by atoms with Gasteiger partial charge in [-0.1, -0.05) is 18.7 Å². The maximum absolute atomic E-state index is 12.0. The molecule has 0 unspecified atom stereocenters. The van der Waals surface area contributed by atoms with Gasteiger partial charge in [0.05, 0.1) is 12.4 Å². The van der Waals surface area contributed by atoms with E-state index in [2.05, 4.69) is 20.5 Å². The number of aromatic nitrogens is 4. The van der Waals surface area contributed by atoms with Crippen molar-refractivity contribution >= 4 is 17.7 Å². The molecule has 1 aromatic carbocycles. The van der Waals surface area contributed by atoms with Crippen LogP contribution in [0.1, 0.15) is 20.3 Å². The highest BCUT2D eigenvalue weighted by Gasteiger charge is 2.17. The van der Waals surface area contributed by atoms with Crippen molar-refractivity contribution < 1.29 is 9.53 Å². The van der Waals surface area contributed by atoms with Gasteiger partial charge in [-0.05, 0) is 49.7 Å². The molecule has 2 aromatic heterocycles. The molecule has 2 heterocycles. The monoisotopic (exact) mass is 397 g/mol. The van der Waals surface area contributed by atoms with Crippen LogP contribution in [-0.4, -0.2) is 44.6 Å². The second-order valence-electron chi connectivity index (χ2n) is 5.95. The van der Waals surface area contributed by atoms with E-state index in [0.717, 1.165) is 23.4 Å². The molecule has 146 valence electrons. The summed E-state index contributed by atoms with van der Waals surface area (Å²) >= 11 is 1.36. The lowest BCUT2D eigenvalue weighted by molar-refractivity contribution is -0.118. The molecule has 0 bridgehead atoms. The summed E-state index contributed by atoms with van der Waals surface area (Å²) in [5.74, 6) is 1.74. The molecule has 0 aliphatic rings. The number of hydrogen-bond donors (Lipinski definition) is 1. The van der Waals surface area contributed by atoms with Gasteiger partial charge in [-0.15, -0.1) is 10.2 Å². The van der Waals surface area contributed by atoms with E-state index in [9.17, 15) is 4.79 Å². The molecule has 0 aliphatic heterocycles. The van der Waals surface area contributed by atoms with E-state index in [-0.39, 0.29) is 11.7 Å². The number of amides is 1. The lowest BCUT2D eigenvalue weighted by atomic mass is 10.2. The van der Waals surface area contributed by atoms with Crippen molar-refractivity contribution in [3.05, 3.63) is 48.8 Å². The molecule has 0 spiro atoms. The Labute approximate surface area is 168 Å². The highest BCUT2D eigenvalue weighted by Crippen LogP contribution is 2.28. The molecule has 1 N–H and O–H groups in total. The minimum atomic E-state index is -0.0176. The zero-order chi connectivity index (χ0) is 19.8. The smallest absolute Gasteiger partial charge is 0.230 e. The minimum Gasteiger partial charge on any atom is -0.494 e. The Bertz CT molecular complexity index is 897. The van der Waals surface area contributed by atoms with E-state index in [0.29, 0.717) is 24.1 Å². The number of carbonyl (C=O) groups is 1. The summed E-state index contributed by atoms with van der Waals surface area (Å²) in [6.45, 7) is 5.26. The number of benzene rings is 1. The Kier molecular flexibility index (Phi) is 7.02. The number of hydrogen-bond acceptors (Lipinski definition) is 6. The van der Waals surface area contributed by atoms with Gasteiger partial charge in [-0.25, -0.2) is 0 Å². The Morgan fingerprint density at radius 1 is 1.18 bits per heavy atom. The Hall–Kier alpha value is -2.87. The van der Waals surface area contributed by atoms with Crippen LogP contribution < -0.4 is 10.1 Å². The first-order chi connectivity index (χ1) is 13.7. The van der Waals surface area contributed by atoms with E-state index < -0.39 is 0 Å². The molecule has 0 fully saturated rings. The number of nitrogens with one attached hydrogen (secondary N) is 1. The average molecular weight is 398 g/mol. The molecule has 0 aliphatic carbocycles. The summed E-state index contributed by atoms with van der Waals surface area (Å²) in [7, 11) is 0. The number of ether oxygens (including phenoxy) is 1. The van der Waals surface area contributed by atoms with Gasteiger partial charge in [0.2, 0.25) is 5.91 Å². The van der Waals surface area contributed by atoms with Crippen LogP contribution in [0.5, 0.6) is 5.75 Å². The van der Waals surface area contributed by atoms with Gasteiger partial charge in [-0.3, -0.25) is 14.3 Å². The van der Waals surface area contributed by atoms with E-state index in [1.165, 1.54) is 11.8 Å². The first-order valence-corrected chi connectivity index (χ1v) is 10.2. The lowest BCUT2D eigenvalue weighted by Gasteiger charge is -2.11. The molecule has 8 heteroatoms. The summed E-state index contributed by atoms with van der Waals surface area (Å²) in [5.41, 5.74) is 1.75. The predicted molar refractivity (Wildman–Crippen MR) is 110 cm³/mol. The van der Waals surface area contributed by atoms with Crippen molar-refractivity contribution in [2.24, 2.45) is 0 Å². The first kappa shape index (κ1) is 19.9. The van der Waals surface area contributed by atoms with Crippen LogP contribution in [0.4, 0.5) is 0 Å². The second kappa shape index (κ2) is 9.89. The van der Waals surface area contributed by atoms with Crippen LogP contribution in [0.25, 0.3) is 17.1 Å². The van der Waals surface area contributed by atoms with E-state index in [4.69, 9.17) is 4.74 Å². The zero-order valence-corrected chi connectivity index (χ0v) is 16.8. The maximum atomic E-state index is 12.0. The first-order valence-electron chi connectivity index (χ1n) is 9.21. The Morgan fingerprint density at radius 3 is 2.68 bits per heavy atom. The van der Waals surface area contributed by atoms with Crippen molar-refractivity contribution in [3.8, 4) is 22.8 Å². The second-order valence-corrected chi connectivity index (χ2v) is 6.89. The molecule has 3 aromatic rings. The van der Waals surface area contributed by atoms with Gasteiger partial charge in [-0.2, -0.15) is 0 Å². The average Bonchev–Trinajstić information content (AvgIpc) is 3.16. The molecule has 3 rings (SSSR count). The van der Waals surface area contributed by atoms with E-state index >= 15 is 0 Å². The molecule has 7 nitrogen and oxygen atoms in total. The van der Waals surface area contributed by atoms with E-state index in [1.54, 1.807) is 12.4 Å². The summed E-state index contributed by atoms with van der Waals surface area (Å²) in [6, 6.07) is 11.5. The largest absolute Gasteiger partial charge is 0.494 e. The van der Waals surface area contributed by atoms with Crippen molar-refractivity contribution in [2.75, 3.05) is 18.9 Å². The van der Waals surface area contributed by atoms with Gasteiger partial charge in [0.25, 0.3) is 0 Å². The summed E-state index contributed by atoms with van der Waals surface area (Å²) in [4.78, 5) is 16.2. The molecule has 1 amide bonds. The SMILES string of the molecule is CCCNC(=O)CSc1nnc(-c2cccnc2)n1-c1ccc(OCC)cc1. The van der Waals surface area contributed by atoms with Crippen LogP contribution in [0.15, 0.2) is 53.9 Å². The number of nitrogens with zero attached hydrogens (tertiary/aromatic N) is 4. The number of carbonyl (C=O) groups excluding carboxylic acids is 1. The fourth-order valence-electron chi connectivity index (χ4n) is 2.58. The highest BCUT2D eigenvalue weighted by atomic mass is 32.2. The van der Waals surface area contributed by atoms with Crippen LogP contribution in [0, 0.1) is 0 Å². The van der Waals surface area contributed by atoms with Crippen LogP contribution in [0.3, 0.4) is 0 Å². The van der Waals surface area contributed by atoms with Crippen molar-refractivity contribution in [3.63, 3.8) is 0 Å². The molecule has 0 atom stereocenters. The molecule has 0 saturated carbocycles. The molecule has 0 radical (unpaired) electrons. The molecular formula is C20H23N5O2S. The van der Waals surface area contributed by atoms with Gasteiger partial charge in [0.1, 0.15) is 5.75 Å². The van der Waals surface area contributed by atoms with Gasteiger partial charge < -0.3 is 10.1 Å². The van der Waals surface area contributed by atoms with Crippen molar-refractivity contribution in [1.29, 1.82) is 0 Å². The highest BCUT2D eigenvalue weighted by molar-refractivity contribution is 7.99. The fraction of sp³-hybridized carbons (Fsp3) is 0.300. The third-order valence-electron chi connectivity index (χ3n) is 3.86. The quantitative estimate of drug-likeness (QED) is 0.558. The van der Waals surface area contributed by atoms with Crippen molar-refractivity contribution in [2.45, 2.75) is 25.4 Å². The van der Waals surface area contributed by atoms with Gasteiger partial charge in [0.15, 0.2) is 11.0 Å². The third kappa shape index (κ3) is 4.89. The summed E-state index contributed by atoms with van der Waals surface area (Å²) in [6.07, 6.45) is 4.37. The van der Waals surface area contributed by atoms with Crippen LogP contribution >= 0.6 is 11.8 Å². The normalized spacial score (nSPS) is 10.6. The van der Waals surface area contributed by atoms with Gasteiger partial charge in [0, 0.05) is 30.2 Å². The standard InChI is InChI=1S/C20H23N5O2S/c1-3-11-22-18(26)14-28-20-24-23-19(15-6-5-12-21-13-15)25(20)16-7-9-17(10-8-16)27-4-2/h5-10,12-13H,3-4,11,14H2,1-2H3,(H,22,26). The maximum Gasteiger partial charge on any atom is 0.230 e. The Balaban J connectivity index is 1.92. The predicted octanol–water partition coefficient (Wildman–Crippen LogP) is 3.35. The minimum absolute atomic E-state index is 0.0176. The number of rotatable bonds is 9. The van der Waals surface area contributed by atoms with Gasteiger partial charge >= 0.3 is 0 Å². The lowest BCUT2D eigenvalue weighted by Crippen LogP contribution is -2.25. The zero-order valence-electron chi connectivity index (χ0n) is 16.0. The van der Waals surface area contributed by atoms with Crippen molar-refractivity contribution in [1.82, 2.24) is 25.1 Å². The summed E-state index contributed by atoms with van der Waals surface area (Å²) < 4.78 is 7.47. The van der Waals surface area contributed by atoms with E-state index in [1.807, 2.05) is 54.8 Å². The number of pyridine rings is 1. The molecule has 28 heavy (non-hydrogen) atoms. The molecular weight excluding hydrogens is 374 g/mol. The fourth-order valence-corrected chi connectivity index (χ4v) is 3.36. The van der Waals surface area contributed by atoms with Crippen LogP contribution in [-0.2, 0) is 4.79 Å². The summed E-state index contributed by atoms with van der Waals surface area (Å²) in [5, 5.41) is 12.2. The molecule has 0 saturated heterocycles. The third-order valence-corrected chi connectivity index (χ3v) is 4.79. The topological polar surface area (TPSA) is 81.9 Å². The van der Waals surface area contributed by atoms with Crippen LogP contribution in [0.2, 0.25) is 0 Å². The Morgan fingerprint density at radius 2 is 2.00 bits per heavy atom. The number of thioether (sulfide) groups is 1.